The van der Waals surface area contributed by atoms with Crippen molar-refractivity contribution < 1.29 is 18.7 Å². The van der Waals surface area contributed by atoms with Gasteiger partial charge in [-0.05, 0) is 25.3 Å². The number of aromatic nitrogens is 1. The molecule has 1 aromatic heterocycles. The van der Waals surface area contributed by atoms with E-state index >= 15 is 0 Å². The summed E-state index contributed by atoms with van der Waals surface area (Å²) in [5.41, 5.74) is 0. The summed E-state index contributed by atoms with van der Waals surface area (Å²) >= 11 is 0. The minimum atomic E-state index is -0.561. The van der Waals surface area contributed by atoms with Gasteiger partial charge in [0.1, 0.15) is 12.2 Å². The van der Waals surface area contributed by atoms with Crippen molar-refractivity contribution in [2.45, 2.75) is 37.9 Å². The van der Waals surface area contributed by atoms with Crippen LogP contribution in [0, 0.1) is 5.95 Å². The molecule has 2 fully saturated rings. The lowest BCUT2D eigenvalue weighted by Gasteiger charge is -2.26. The molecular weight excluding hydrogens is 275 g/mol. The minimum absolute atomic E-state index is 0.0491. The number of nitrogens with zero attached hydrogens (tertiary/aromatic N) is 2. The zero-order valence-corrected chi connectivity index (χ0v) is 11.8. The summed E-state index contributed by atoms with van der Waals surface area (Å²) in [5.74, 6) is -0.245. The Morgan fingerprint density at radius 3 is 3.05 bits per heavy atom. The average Bonchev–Trinajstić information content (AvgIpc) is 2.96. The van der Waals surface area contributed by atoms with Crippen LogP contribution in [-0.2, 0) is 9.53 Å². The van der Waals surface area contributed by atoms with E-state index < -0.39 is 5.95 Å². The lowest BCUT2D eigenvalue weighted by molar-refractivity contribution is -0.145. The molecule has 6 heteroatoms. The molecule has 5 nitrogen and oxygen atoms in total. The minimum Gasteiger partial charge on any atom is -0.472 e. The Kier molecular flexibility index (Phi) is 4.34. The average molecular weight is 294 g/mol. The van der Waals surface area contributed by atoms with Crippen LogP contribution in [0.1, 0.15) is 25.7 Å². The molecule has 2 saturated heterocycles. The predicted molar refractivity (Wildman–Crippen MR) is 73.4 cm³/mol. The smallest absolute Gasteiger partial charge is 0.251 e. The van der Waals surface area contributed by atoms with Crippen LogP contribution in [0.3, 0.4) is 0 Å². The van der Waals surface area contributed by atoms with Crippen molar-refractivity contribution >= 4 is 5.91 Å². The van der Waals surface area contributed by atoms with Crippen LogP contribution in [0.25, 0.3) is 0 Å². The molecule has 2 atom stereocenters. The van der Waals surface area contributed by atoms with Gasteiger partial charge in [0.15, 0.2) is 0 Å². The maximum Gasteiger partial charge on any atom is 0.251 e. The van der Waals surface area contributed by atoms with Gasteiger partial charge in [0, 0.05) is 25.6 Å². The second-order valence-electron chi connectivity index (χ2n) is 5.47. The van der Waals surface area contributed by atoms with E-state index in [1.54, 1.807) is 17.0 Å². The summed E-state index contributed by atoms with van der Waals surface area (Å²) in [7, 11) is 0. The Morgan fingerprint density at radius 2 is 2.29 bits per heavy atom. The molecule has 0 radical (unpaired) electrons. The zero-order valence-electron chi connectivity index (χ0n) is 11.8. The highest BCUT2D eigenvalue weighted by Gasteiger charge is 2.33. The molecule has 2 unspecified atom stereocenters. The van der Waals surface area contributed by atoms with Crippen LogP contribution in [0.5, 0.6) is 5.88 Å². The second-order valence-corrected chi connectivity index (χ2v) is 5.47. The molecule has 0 N–H and O–H groups in total. The Morgan fingerprint density at radius 1 is 1.38 bits per heavy atom. The number of pyridine rings is 1. The number of hydrogen-bond donors (Lipinski definition) is 0. The maximum atomic E-state index is 13.0. The summed E-state index contributed by atoms with van der Waals surface area (Å²) in [4.78, 5) is 17.8. The van der Waals surface area contributed by atoms with Gasteiger partial charge in [-0.2, -0.15) is 9.37 Å². The van der Waals surface area contributed by atoms with Gasteiger partial charge in [-0.3, -0.25) is 4.79 Å². The highest BCUT2D eigenvalue weighted by molar-refractivity contribution is 5.81. The fraction of sp³-hybridized carbons (Fsp3) is 0.600. The summed E-state index contributed by atoms with van der Waals surface area (Å²) in [5, 5.41) is 0. The van der Waals surface area contributed by atoms with Crippen molar-refractivity contribution in [3.63, 3.8) is 0 Å². The van der Waals surface area contributed by atoms with Crippen molar-refractivity contribution in [2.24, 2.45) is 0 Å². The summed E-state index contributed by atoms with van der Waals surface area (Å²) in [6.45, 7) is 1.83. The van der Waals surface area contributed by atoms with Gasteiger partial charge in [-0.25, -0.2) is 0 Å². The predicted octanol–water partition coefficient (Wildman–Crippen LogP) is 1.77. The molecule has 3 heterocycles. The molecule has 0 bridgehead atoms. The van der Waals surface area contributed by atoms with Gasteiger partial charge in [0.25, 0.3) is 5.91 Å². The molecular formula is C15H19FN2O3. The van der Waals surface area contributed by atoms with Gasteiger partial charge < -0.3 is 14.4 Å². The topological polar surface area (TPSA) is 51.7 Å². The van der Waals surface area contributed by atoms with E-state index in [4.69, 9.17) is 9.47 Å². The highest BCUT2D eigenvalue weighted by Crippen LogP contribution is 2.21. The first-order chi connectivity index (χ1) is 10.2. The van der Waals surface area contributed by atoms with Crippen LogP contribution >= 0.6 is 0 Å². The molecule has 21 heavy (non-hydrogen) atoms. The highest BCUT2D eigenvalue weighted by atomic mass is 19.1. The van der Waals surface area contributed by atoms with Crippen LogP contribution in [0.4, 0.5) is 4.39 Å². The number of carbonyl (C=O) groups is 1. The number of hydrogen-bond acceptors (Lipinski definition) is 4. The molecule has 0 saturated carbocycles. The van der Waals surface area contributed by atoms with E-state index in [2.05, 4.69) is 4.98 Å². The Hall–Kier alpha value is -1.69. The van der Waals surface area contributed by atoms with Gasteiger partial charge in [-0.15, -0.1) is 0 Å². The van der Waals surface area contributed by atoms with Crippen molar-refractivity contribution in [1.82, 2.24) is 9.88 Å². The SMILES string of the molecule is O=C(C1CCCCO1)N1CCC(Oc2cccc(F)n2)C1. The second kappa shape index (κ2) is 6.39. The first-order valence-corrected chi connectivity index (χ1v) is 7.42. The number of rotatable bonds is 3. The fourth-order valence-corrected chi connectivity index (χ4v) is 2.79. The number of ether oxygens (including phenoxy) is 2. The van der Waals surface area contributed by atoms with Crippen LogP contribution < -0.4 is 4.74 Å². The van der Waals surface area contributed by atoms with Crippen LogP contribution in [0.2, 0.25) is 0 Å². The van der Waals surface area contributed by atoms with E-state index in [1.807, 2.05) is 0 Å². The van der Waals surface area contributed by atoms with Crippen LogP contribution in [0.15, 0.2) is 18.2 Å². The Balaban J connectivity index is 1.54. The normalized spacial score (nSPS) is 25.9. The van der Waals surface area contributed by atoms with E-state index in [1.165, 1.54) is 6.07 Å². The van der Waals surface area contributed by atoms with Crippen molar-refractivity contribution in [3.8, 4) is 5.88 Å². The third kappa shape index (κ3) is 3.50. The molecule has 0 aliphatic carbocycles. The first-order valence-electron chi connectivity index (χ1n) is 7.42. The fourth-order valence-electron chi connectivity index (χ4n) is 2.79. The lowest BCUT2D eigenvalue weighted by Crippen LogP contribution is -2.41. The van der Waals surface area contributed by atoms with Gasteiger partial charge in [0.2, 0.25) is 11.8 Å². The summed E-state index contributed by atoms with van der Waals surface area (Å²) in [6, 6.07) is 4.46. The van der Waals surface area contributed by atoms with Crippen molar-refractivity contribution in [2.75, 3.05) is 19.7 Å². The maximum absolute atomic E-state index is 13.0. The molecule has 1 aromatic rings. The third-order valence-electron chi connectivity index (χ3n) is 3.89. The van der Waals surface area contributed by atoms with E-state index in [9.17, 15) is 9.18 Å². The Labute approximate surface area is 123 Å². The molecule has 0 spiro atoms. The van der Waals surface area contributed by atoms with E-state index in [-0.39, 0.29) is 24.0 Å². The number of amides is 1. The molecule has 114 valence electrons. The molecule has 3 rings (SSSR count). The van der Waals surface area contributed by atoms with Crippen molar-refractivity contribution in [1.29, 1.82) is 0 Å². The molecule has 1 amide bonds. The summed E-state index contributed by atoms with van der Waals surface area (Å²) < 4.78 is 24.2. The molecule has 2 aliphatic heterocycles. The van der Waals surface area contributed by atoms with Gasteiger partial charge in [-0.1, -0.05) is 6.07 Å². The third-order valence-corrected chi connectivity index (χ3v) is 3.89. The molecule has 0 aromatic carbocycles. The quantitative estimate of drug-likeness (QED) is 0.797. The monoisotopic (exact) mass is 294 g/mol. The van der Waals surface area contributed by atoms with Gasteiger partial charge in [0.05, 0.1) is 6.54 Å². The van der Waals surface area contributed by atoms with Gasteiger partial charge >= 0.3 is 0 Å². The van der Waals surface area contributed by atoms with Crippen LogP contribution in [-0.4, -0.2) is 47.7 Å². The van der Waals surface area contributed by atoms with Crippen molar-refractivity contribution in [3.05, 3.63) is 24.1 Å². The summed E-state index contributed by atoms with van der Waals surface area (Å²) in [6.07, 6.45) is 3.16. The lowest BCUT2D eigenvalue weighted by atomic mass is 10.1. The standard InChI is InChI=1S/C15H19FN2O3/c16-13-5-3-6-14(17-13)21-11-7-8-18(10-11)15(19)12-4-1-2-9-20-12/h3,5-6,11-12H,1-2,4,7-10H2. The van der Waals surface area contributed by atoms with E-state index in [0.29, 0.717) is 19.7 Å². The zero-order chi connectivity index (χ0) is 14.7. The molecule has 2 aliphatic rings. The number of likely N-dealkylation sites (tertiary alicyclic amines) is 1. The Bertz CT molecular complexity index is 505. The van der Waals surface area contributed by atoms with E-state index in [0.717, 1.165) is 25.7 Å². The largest absolute Gasteiger partial charge is 0.472 e. The number of halogens is 1. The number of carbonyl (C=O) groups excluding carboxylic acids is 1. The first kappa shape index (κ1) is 14.3.